The first-order chi connectivity index (χ1) is 7.66. The van der Waals surface area contributed by atoms with Crippen LogP contribution in [0.5, 0.6) is 0 Å². The van der Waals surface area contributed by atoms with Gasteiger partial charge < -0.3 is 10.2 Å². The molecule has 0 saturated carbocycles. The fourth-order valence-corrected chi connectivity index (χ4v) is 1.52. The van der Waals surface area contributed by atoms with Crippen molar-refractivity contribution >= 4 is 11.5 Å². The molecule has 0 bridgehead atoms. The smallest absolute Gasteiger partial charge is 0.170 e. The molecular weight excluding hydrogens is 202 g/mol. The van der Waals surface area contributed by atoms with E-state index in [1.165, 1.54) is 0 Å². The summed E-state index contributed by atoms with van der Waals surface area (Å²) in [5.74, 6) is 0.720. The Morgan fingerprint density at radius 2 is 2.19 bits per heavy atom. The third kappa shape index (κ3) is 2.14. The minimum Gasteiger partial charge on any atom is -0.469 e. The second-order valence-electron chi connectivity index (χ2n) is 3.75. The number of carbonyl (C=O) groups is 1. The van der Waals surface area contributed by atoms with Crippen molar-refractivity contribution in [2.75, 3.05) is 5.73 Å². The maximum atomic E-state index is 11.9. The molecule has 1 aromatic heterocycles. The number of anilines is 1. The highest BCUT2D eigenvalue weighted by atomic mass is 16.3. The molecule has 1 aromatic carbocycles. The molecule has 2 rings (SSSR count). The number of nitrogen functional groups attached to an aromatic ring is 1. The van der Waals surface area contributed by atoms with Crippen LogP contribution in [0.4, 0.5) is 5.69 Å². The highest BCUT2D eigenvalue weighted by Crippen LogP contribution is 2.15. The zero-order valence-electron chi connectivity index (χ0n) is 9.07. The van der Waals surface area contributed by atoms with Crippen molar-refractivity contribution in [1.29, 1.82) is 0 Å². The molecule has 2 N–H and O–H groups in total. The number of aryl methyl sites for hydroxylation is 1. The van der Waals surface area contributed by atoms with Crippen molar-refractivity contribution < 1.29 is 9.21 Å². The minimum absolute atomic E-state index is 0.0399. The number of ketones is 1. The number of carbonyl (C=O) groups excluding carboxylic acids is 1. The second kappa shape index (κ2) is 4.23. The van der Waals surface area contributed by atoms with Gasteiger partial charge in [0.15, 0.2) is 5.78 Å². The van der Waals surface area contributed by atoms with Crippen molar-refractivity contribution in [1.82, 2.24) is 0 Å². The van der Waals surface area contributed by atoms with Gasteiger partial charge in [-0.3, -0.25) is 4.79 Å². The molecule has 0 aliphatic carbocycles. The Hall–Kier alpha value is -2.03. The molecule has 0 saturated heterocycles. The molecule has 0 spiro atoms. The first-order valence-electron chi connectivity index (χ1n) is 5.08. The monoisotopic (exact) mass is 215 g/mol. The van der Waals surface area contributed by atoms with Crippen LogP contribution in [0.3, 0.4) is 0 Å². The first kappa shape index (κ1) is 10.5. The molecular formula is C13H13NO2. The fraction of sp³-hybridized carbons (Fsp3) is 0.154. The largest absolute Gasteiger partial charge is 0.469 e. The maximum absolute atomic E-state index is 11.9. The molecule has 0 atom stereocenters. The Bertz CT molecular complexity index is 501. The van der Waals surface area contributed by atoms with E-state index >= 15 is 0 Å². The van der Waals surface area contributed by atoms with Crippen LogP contribution in [0.25, 0.3) is 0 Å². The summed E-state index contributed by atoms with van der Waals surface area (Å²) in [4.78, 5) is 11.9. The van der Waals surface area contributed by atoms with Gasteiger partial charge in [-0.15, -0.1) is 0 Å². The van der Waals surface area contributed by atoms with E-state index in [1.807, 2.05) is 6.92 Å². The number of nitrogens with two attached hydrogens (primary N) is 1. The normalized spacial score (nSPS) is 10.3. The molecule has 3 nitrogen and oxygen atoms in total. The molecule has 0 amide bonds. The van der Waals surface area contributed by atoms with E-state index < -0.39 is 0 Å². The number of furan rings is 1. The van der Waals surface area contributed by atoms with Gasteiger partial charge in [-0.25, -0.2) is 0 Å². The molecule has 0 unspecified atom stereocenters. The van der Waals surface area contributed by atoms with Crippen LogP contribution in [-0.4, -0.2) is 5.78 Å². The zero-order valence-corrected chi connectivity index (χ0v) is 9.07. The number of benzene rings is 1. The van der Waals surface area contributed by atoms with Crippen molar-refractivity contribution in [3.05, 3.63) is 53.5 Å². The van der Waals surface area contributed by atoms with E-state index in [1.54, 1.807) is 36.6 Å². The minimum atomic E-state index is 0.0399. The molecule has 0 fully saturated rings. The number of hydrogen-bond acceptors (Lipinski definition) is 3. The highest BCUT2D eigenvalue weighted by Gasteiger charge is 2.09. The van der Waals surface area contributed by atoms with E-state index in [4.69, 9.17) is 10.2 Å². The Balaban J connectivity index is 2.18. The standard InChI is InChI=1S/C13H13NO2/c1-9-7-10(4-5-12(9)14)13(15)8-11-3-2-6-16-11/h2-7H,8,14H2,1H3. The van der Waals surface area contributed by atoms with Crippen LogP contribution in [-0.2, 0) is 6.42 Å². The van der Waals surface area contributed by atoms with Crippen LogP contribution < -0.4 is 5.73 Å². The second-order valence-corrected chi connectivity index (χ2v) is 3.75. The lowest BCUT2D eigenvalue weighted by Gasteiger charge is -2.03. The summed E-state index contributed by atoms with van der Waals surface area (Å²) in [5, 5.41) is 0. The SMILES string of the molecule is Cc1cc(C(=O)Cc2ccco2)ccc1N. The Morgan fingerprint density at radius 1 is 1.38 bits per heavy atom. The first-order valence-corrected chi connectivity index (χ1v) is 5.08. The predicted molar refractivity (Wildman–Crippen MR) is 62.3 cm³/mol. The Labute approximate surface area is 93.9 Å². The zero-order chi connectivity index (χ0) is 11.5. The molecule has 16 heavy (non-hydrogen) atoms. The topological polar surface area (TPSA) is 56.2 Å². The summed E-state index contributed by atoms with van der Waals surface area (Å²) in [6.07, 6.45) is 1.85. The Morgan fingerprint density at radius 3 is 2.81 bits per heavy atom. The van der Waals surface area contributed by atoms with Gasteiger partial charge in [0.05, 0.1) is 12.7 Å². The van der Waals surface area contributed by atoms with Gasteiger partial charge in [-0.05, 0) is 42.8 Å². The van der Waals surface area contributed by atoms with Gasteiger partial charge in [-0.1, -0.05) is 0 Å². The maximum Gasteiger partial charge on any atom is 0.170 e. The Kier molecular flexibility index (Phi) is 2.77. The summed E-state index contributed by atoms with van der Waals surface area (Å²) in [6.45, 7) is 1.89. The van der Waals surface area contributed by atoms with Crippen molar-refractivity contribution in [3.63, 3.8) is 0 Å². The molecule has 3 heteroatoms. The summed E-state index contributed by atoms with van der Waals surface area (Å²) >= 11 is 0. The van der Waals surface area contributed by atoms with Crippen LogP contribution in [0, 0.1) is 6.92 Å². The summed E-state index contributed by atoms with van der Waals surface area (Å²) in [7, 11) is 0. The van der Waals surface area contributed by atoms with Crippen LogP contribution in [0.1, 0.15) is 21.7 Å². The van der Waals surface area contributed by atoms with Crippen LogP contribution in [0.2, 0.25) is 0 Å². The lowest BCUT2D eigenvalue weighted by molar-refractivity contribution is 0.0987. The third-order valence-electron chi connectivity index (χ3n) is 2.51. The van der Waals surface area contributed by atoms with Gasteiger partial charge in [0.2, 0.25) is 0 Å². The fourth-order valence-electron chi connectivity index (χ4n) is 1.52. The average Bonchev–Trinajstić information content (AvgIpc) is 2.74. The van der Waals surface area contributed by atoms with E-state index in [9.17, 15) is 4.79 Å². The van der Waals surface area contributed by atoms with Crippen LogP contribution in [0.15, 0.2) is 41.0 Å². The number of rotatable bonds is 3. The van der Waals surface area contributed by atoms with Crippen molar-refractivity contribution in [3.8, 4) is 0 Å². The predicted octanol–water partition coefficient (Wildman–Crippen LogP) is 2.60. The molecule has 0 aliphatic rings. The van der Waals surface area contributed by atoms with Gasteiger partial charge in [0, 0.05) is 11.3 Å². The van der Waals surface area contributed by atoms with Gasteiger partial charge in [0.1, 0.15) is 5.76 Å². The lowest BCUT2D eigenvalue weighted by Crippen LogP contribution is -2.03. The van der Waals surface area contributed by atoms with Crippen molar-refractivity contribution in [2.24, 2.45) is 0 Å². The summed E-state index contributed by atoms with van der Waals surface area (Å²) < 4.78 is 5.13. The van der Waals surface area contributed by atoms with E-state index in [2.05, 4.69) is 0 Å². The van der Waals surface area contributed by atoms with E-state index in [0.717, 1.165) is 5.56 Å². The third-order valence-corrected chi connectivity index (χ3v) is 2.51. The molecule has 1 heterocycles. The van der Waals surface area contributed by atoms with Crippen molar-refractivity contribution in [2.45, 2.75) is 13.3 Å². The van der Waals surface area contributed by atoms with Gasteiger partial charge in [0.25, 0.3) is 0 Å². The van der Waals surface area contributed by atoms with Crippen LogP contribution >= 0.6 is 0 Å². The molecule has 2 aromatic rings. The summed E-state index contributed by atoms with van der Waals surface area (Å²) in [5.41, 5.74) is 7.99. The number of Topliss-reactive ketones (excluding diaryl/α,β-unsaturated/α-hetero) is 1. The van der Waals surface area contributed by atoms with Gasteiger partial charge >= 0.3 is 0 Å². The lowest BCUT2D eigenvalue weighted by atomic mass is 10.0. The van der Waals surface area contributed by atoms with Gasteiger partial charge in [-0.2, -0.15) is 0 Å². The highest BCUT2D eigenvalue weighted by molar-refractivity contribution is 5.97. The number of hydrogen-bond donors (Lipinski definition) is 1. The molecule has 0 aliphatic heterocycles. The summed E-state index contributed by atoms with van der Waals surface area (Å²) in [6, 6.07) is 8.87. The van der Waals surface area contributed by atoms with E-state index in [0.29, 0.717) is 17.0 Å². The van der Waals surface area contributed by atoms with E-state index in [-0.39, 0.29) is 12.2 Å². The average molecular weight is 215 g/mol. The quantitative estimate of drug-likeness (QED) is 0.632. The molecule has 82 valence electrons. The molecule has 0 radical (unpaired) electrons.